The first-order valence-electron chi connectivity index (χ1n) is 6.06. The lowest BCUT2D eigenvalue weighted by molar-refractivity contribution is 0.608. The summed E-state index contributed by atoms with van der Waals surface area (Å²) in [6.07, 6.45) is 2.35. The van der Waals surface area contributed by atoms with Crippen molar-refractivity contribution < 1.29 is 0 Å². The molecular weight excluding hydrogens is 212 g/mol. The monoisotopic (exact) mass is 228 g/mol. The number of aromatic amines is 1. The highest BCUT2D eigenvalue weighted by molar-refractivity contribution is 5.59. The smallest absolute Gasteiger partial charge is 0.181 e. The Hall–Kier alpha value is -1.68. The molecule has 0 spiro atoms. The number of H-pyrrole nitrogens is 1. The molecule has 2 N–H and O–H groups in total. The van der Waals surface area contributed by atoms with Crippen LogP contribution < -0.4 is 5.32 Å². The summed E-state index contributed by atoms with van der Waals surface area (Å²) in [5.74, 6) is 1.76. The van der Waals surface area contributed by atoms with E-state index in [0.29, 0.717) is 6.04 Å². The van der Waals surface area contributed by atoms with E-state index in [2.05, 4.69) is 39.6 Å². The van der Waals surface area contributed by atoms with Crippen LogP contribution in [0.25, 0.3) is 11.4 Å². The second-order valence-electron chi connectivity index (χ2n) is 4.51. The Kier molecular flexibility index (Phi) is 2.65. The summed E-state index contributed by atoms with van der Waals surface area (Å²) in [5.41, 5.74) is 2.31. The van der Waals surface area contributed by atoms with Crippen LogP contribution in [0.2, 0.25) is 0 Å². The number of aromatic nitrogens is 3. The van der Waals surface area contributed by atoms with Gasteiger partial charge in [0.05, 0.1) is 6.04 Å². The molecule has 1 aromatic heterocycles. The zero-order valence-electron chi connectivity index (χ0n) is 9.90. The van der Waals surface area contributed by atoms with Crippen LogP contribution in [0, 0.1) is 6.92 Å². The van der Waals surface area contributed by atoms with Gasteiger partial charge in [-0.15, -0.1) is 0 Å². The molecule has 4 nitrogen and oxygen atoms in total. The summed E-state index contributed by atoms with van der Waals surface area (Å²) in [6, 6.07) is 8.54. The van der Waals surface area contributed by atoms with Crippen molar-refractivity contribution in [1.82, 2.24) is 20.5 Å². The van der Waals surface area contributed by atoms with Gasteiger partial charge in [0.2, 0.25) is 0 Å². The summed E-state index contributed by atoms with van der Waals surface area (Å²) in [4.78, 5) is 4.59. The molecule has 1 aliphatic heterocycles. The van der Waals surface area contributed by atoms with Crippen LogP contribution in [0.15, 0.2) is 24.3 Å². The maximum absolute atomic E-state index is 4.59. The van der Waals surface area contributed by atoms with Gasteiger partial charge in [-0.2, -0.15) is 5.10 Å². The van der Waals surface area contributed by atoms with Gasteiger partial charge in [0.15, 0.2) is 5.82 Å². The molecule has 0 saturated carbocycles. The average Bonchev–Trinajstić information content (AvgIpc) is 3.00. The summed E-state index contributed by atoms with van der Waals surface area (Å²) in [6.45, 7) is 3.16. The lowest BCUT2D eigenvalue weighted by atomic mass is 10.1. The first-order chi connectivity index (χ1) is 8.34. The van der Waals surface area contributed by atoms with Crippen molar-refractivity contribution in [3.8, 4) is 11.4 Å². The summed E-state index contributed by atoms with van der Waals surface area (Å²) in [5, 5.41) is 10.8. The molecule has 2 aromatic rings. The molecule has 0 radical (unpaired) electrons. The first kappa shape index (κ1) is 10.5. The highest BCUT2D eigenvalue weighted by atomic mass is 15.2. The van der Waals surface area contributed by atoms with Crippen LogP contribution in [0.1, 0.15) is 30.3 Å². The molecule has 2 heterocycles. The lowest BCUT2D eigenvalue weighted by Gasteiger charge is -2.04. The third-order valence-electron chi connectivity index (χ3n) is 3.28. The molecule has 1 unspecified atom stereocenters. The van der Waals surface area contributed by atoms with Crippen molar-refractivity contribution in [2.75, 3.05) is 6.54 Å². The van der Waals surface area contributed by atoms with Crippen LogP contribution in [-0.2, 0) is 0 Å². The van der Waals surface area contributed by atoms with E-state index in [1.165, 1.54) is 12.0 Å². The topological polar surface area (TPSA) is 53.6 Å². The van der Waals surface area contributed by atoms with E-state index in [0.717, 1.165) is 30.2 Å². The van der Waals surface area contributed by atoms with E-state index in [4.69, 9.17) is 0 Å². The van der Waals surface area contributed by atoms with E-state index in [1.807, 2.05) is 12.1 Å². The Morgan fingerprint density at radius 2 is 2.18 bits per heavy atom. The zero-order valence-corrected chi connectivity index (χ0v) is 9.90. The van der Waals surface area contributed by atoms with E-state index in [9.17, 15) is 0 Å². The molecule has 1 aromatic carbocycles. The number of nitrogens with one attached hydrogen (secondary N) is 2. The van der Waals surface area contributed by atoms with Crippen molar-refractivity contribution >= 4 is 0 Å². The highest BCUT2D eigenvalue weighted by Crippen LogP contribution is 2.23. The standard InChI is InChI=1S/C13H16N4/c1-9-5-2-3-6-10(9)12-15-13(17-16-12)11-7-4-8-14-11/h2-3,5-6,11,14H,4,7-8H2,1H3,(H,15,16,17). The predicted molar refractivity (Wildman–Crippen MR) is 66.5 cm³/mol. The normalized spacial score (nSPS) is 19.7. The quantitative estimate of drug-likeness (QED) is 0.828. The molecule has 1 fully saturated rings. The maximum atomic E-state index is 4.59. The van der Waals surface area contributed by atoms with E-state index in [1.54, 1.807) is 0 Å². The number of nitrogens with zero attached hydrogens (tertiary/aromatic N) is 2. The minimum Gasteiger partial charge on any atom is -0.307 e. The Balaban J connectivity index is 1.92. The Morgan fingerprint density at radius 3 is 2.94 bits per heavy atom. The predicted octanol–water partition coefficient (Wildman–Crippen LogP) is 2.20. The molecule has 1 saturated heterocycles. The van der Waals surface area contributed by atoms with Crippen LogP contribution >= 0.6 is 0 Å². The van der Waals surface area contributed by atoms with Crippen molar-refractivity contribution in [3.05, 3.63) is 35.7 Å². The van der Waals surface area contributed by atoms with Crippen LogP contribution in [0.4, 0.5) is 0 Å². The maximum Gasteiger partial charge on any atom is 0.181 e. The fourth-order valence-electron chi connectivity index (χ4n) is 2.29. The molecule has 4 heteroatoms. The Bertz CT molecular complexity index is 512. The number of benzene rings is 1. The van der Waals surface area contributed by atoms with Gasteiger partial charge in [0.1, 0.15) is 5.82 Å². The van der Waals surface area contributed by atoms with Gasteiger partial charge in [-0.05, 0) is 31.9 Å². The van der Waals surface area contributed by atoms with E-state index < -0.39 is 0 Å². The van der Waals surface area contributed by atoms with Gasteiger partial charge in [0, 0.05) is 5.56 Å². The summed E-state index contributed by atoms with van der Waals surface area (Å²) < 4.78 is 0. The fraction of sp³-hybridized carbons (Fsp3) is 0.385. The number of hydrogen-bond acceptors (Lipinski definition) is 3. The second kappa shape index (κ2) is 4.30. The molecule has 88 valence electrons. The van der Waals surface area contributed by atoms with Gasteiger partial charge >= 0.3 is 0 Å². The summed E-state index contributed by atoms with van der Waals surface area (Å²) >= 11 is 0. The number of aryl methyl sites for hydroxylation is 1. The van der Waals surface area contributed by atoms with Crippen molar-refractivity contribution in [3.63, 3.8) is 0 Å². The zero-order chi connectivity index (χ0) is 11.7. The van der Waals surface area contributed by atoms with Gasteiger partial charge in [-0.1, -0.05) is 24.3 Å². The van der Waals surface area contributed by atoms with Gasteiger partial charge in [-0.25, -0.2) is 4.98 Å². The van der Waals surface area contributed by atoms with Crippen LogP contribution in [-0.4, -0.2) is 21.7 Å². The lowest BCUT2D eigenvalue weighted by Crippen LogP contribution is -2.14. The molecule has 17 heavy (non-hydrogen) atoms. The number of rotatable bonds is 2. The average molecular weight is 228 g/mol. The molecule has 0 aliphatic carbocycles. The molecular formula is C13H16N4. The largest absolute Gasteiger partial charge is 0.307 e. The van der Waals surface area contributed by atoms with Crippen LogP contribution in [0.5, 0.6) is 0 Å². The third kappa shape index (κ3) is 1.96. The second-order valence-corrected chi connectivity index (χ2v) is 4.51. The molecule has 0 amide bonds. The fourth-order valence-corrected chi connectivity index (χ4v) is 2.29. The molecule has 3 rings (SSSR count). The van der Waals surface area contributed by atoms with E-state index in [-0.39, 0.29) is 0 Å². The van der Waals surface area contributed by atoms with Crippen molar-refractivity contribution in [1.29, 1.82) is 0 Å². The van der Waals surface area contributed by atoms with Crippen molar-refractivity contribution in [2.45, 2.75) is 25.8 Å². The van der Waals surface area contributed by atoms with Crippen LogP contribution in [0.3, 0.4) is 0 Å². The Labute approximate surface area is 100 Å². The van der Waals surface area contributed by atoms with E-state index >= 15 is 0 Å². The summed E-state index contributed by atoms with van der Waals surface area (Å²) in [7, 11) is 0. The Morgan fingerprint density at radius 1 is 1.29 bits per heavy atom. The molecule has 1 aliphatic rings. The number of hydrogen-bond donors (Lipinski definition) is 2. The van der Waals surface area contributed by atoms with Gasteiger partial charge in [0.25, 0.3) is 0 Å². The van der Waals surface area contributed by atoms with Gasteiger partial charge < -0.3 is 5.32 Å². The molecule has 0 bridgehead atoms. The third-order valence-corrected chi connectivity index (χ3v) is 3.28. The molecule has 1 atom stereocenters. The minimum atomic E-state index is 0.347. The first-order valence-corrected chi connectivity index (χ1v) is 6.06. The minimum absolute atomic E-state index is 0.347. The van der Waals surface area contributed by atoms with Crippen molar-refractivity contribution in [2.24, 2.45) is 0 Å². The van der Waals surface area contributed by atoms with Gasteiger partial charge in [-0.3, -0.25) is 5.10 Å². The SMILES string of the molecule is Cc1ccccc1-c1n[nH]c(C2CCCN2)n1. The highest BCUT2D eigenvalue weighted by Gasteiger charge is 2.20.